The van der Waals surface area contributed by atoms with Crippen LogP contribution in [0.2, 0.25) is 0 Å². The molecule has 80 valence electrons. The molecule has 0 saturated carbocycles. The van der Waals surface area contributed by atoms with E-state index in [9.17, 15) is 0 Å². The van der Waals surface area contributed by atoms with Gasteiger partial charge in [-0.2, -0.15) is 5.26 Å². The van der Waals surface area contributed by atoms with Crippen LogP contribution in [-0.4, -0.2) is 11.2 Å². The van der Waals surface area contributed by atoms with Crippen LogP contribution in [0.25, 0.3) is 0 Å². The van der Waals surface area contributed by atoms with E-state index in [4.69, 9.17) is 10.00 Å². The fraction of sp³-hybridized carbons (Fsp3) is 0.909. The molecule has 2 heteroatoms. The molecule has 0 aromatic rings. The standard InChI is InChI=1S/C8H18O.C2H3N.CH4/c1-7(2,3)9-8(4,5)6;1-2-3;/h1-6H3;1H3;1H4. The van der Waals surface area contributed by atoms with Gasteiger partial charge >= 0.3 is 0 Å². The Labute approximate surface area is 83.9 Å². The predicted octanol–water partition coefficient (Wildman–Crippen LogP) is 3.77. The summed E-state index contributed by atoms with van der Waals surface area (Å²) in [4.78, 5) is 0. The van der Waals surface area contributed by atoms with Gasteiger partial charge in [-0.25, -0.2) is 0 Å². The summed E-state index contributed by atoms with van der Waals surface area (Å²) in [5, 5.41) is 7.32. The summed E-state index contributed by atoms with van der Waals surface area (Å²) in [5.41, 5.74) is -0.0312. The lowest BCUT2D eigenvalue weighted by molar-refractivity contribution is -0.102. The Bertz CT molecular complexity index is 131. The fourth-order valence-electron chi connectivity index (χ4n) is 0.919. The van der Waals surface area contributed by atoms with Crippen LogP contribution in [0.5, 0.6) is 0 Å². The molecule has 0 spiro atoms. The minimum absolute atomic E-state index is 0. The first-order chi connectivity index (χ1) is 5.12. The molecule has 0 fully saturated rings. The average Bonchev–Trinajstić information content (AvgIpc) is 1.53. The van der Waals surface area contributed by atoms with Crippen molar-refractivity contribution in [2.24, 2.45) is 0 Å². The van der Waals surface area contributed by atoms with Crippen molar-refractivity contribution in [3.8, 4) is 6.07 Å². The third-order valence-corrected chi connectivity index (χ3v) is 0.612. The SMILES string of the molecule is C.CC#N.CC(C)(C)OC(C)(C)C. The van der Waals surface area contributed by atoms with Crippen LogP contribution in [0.4, 0.5) is 0 Å². The number of nitriles is 1. The lowest BCUT2D eigenvalue weighted by Gasteiger charge is -2.30. The van der Waals surface area contributed by atoms with Crippen LogP contribution in [0.1, 0.15) is 55.9 Å². The average molecular weight is 187 g/mol. The lowest BCUT2D eigenvalue weighted by Crippen LogP contribution is -2.31. The first-order valence-electron chi connectivity index (χ1n) is 4.13. The molecule has 0 bridgehead atoms. The third kappa shape index (κ3) is 34.4. The number of hydrogen-bond donors (Lipinski definition) is 0. The largest absolute Gasteiger partial charge is 0.370 e. The second-order valence-electron chi connectivity index (χ2n) is 4.55. The molecule has 0 aromatic carbocycles. The quantitative estimate of drug-likeness (QED) is 0.578. The monoisotopic (exact) mass is 187 g/mol. The first kappa shape index (κ1) is 18.3. The molecule has 0 atom stereocenters. The van der Waals surface area contributed by atoms with Crippen molar-refractivity contribution in [2.45, 2.75) is 67.1 Å². The third-order valence-electron chi connectivity index (χ3n) is 0.612. The van der Waals surface area contributed by atoms with Gasteiger partial charge in [-0.1, -0.05) is 7.43 Å². The maximum Gasteiger partial charge on any atom is 0.0605 e. The van der Waals surface area contributed by atoms with Crippen LogP contribution in [-0.2, 0) is 4.74 Å². The van der Waals surface area contributed by atoms with Gasteiger partial charge in [0.25, 0.3) is 0 Å². The van der Waals surface area contributed by atoms with E-state index in [-0.39, 0.29) is 18.6 Å². The van der Waals surface area contributed by atoms with E-state index >= 15 is 0 Å². The van der Waals surface area contributed by atoms with E-state index in [1.165, 1.54) is 6.92 Å². The summed E-state index contributed by atoms with van der Waals surface area (Å²) in [5.74, 6) is 0. The highest BCUT2D eigenvalue weighted by molar-refractivity contribution is 4.68. The molecule has 0 aromatic heterocycles. The zero-order valence-corrected chi connectivity index (χ0v) is 9.36. The number of ether oxygens (including phenoxy) is 1. The van der Waals surface area contributed by atoms with Crippen LogP contribution in [0.15, 0.2) is 0 Å². The second kappa shape index (κ2) is 6.91. The Morgan fingerprint density at radius 3 is 1.08 bits per heavy atom. The lowest BCUT2D eigenvalue weighted by atomic mass is 10.1. The maximum absolute atomic E-state index is 7.32. The van der Waals surface area contributed by atoms with Crippen molar-refractivity contribution in [1.82, 2.24) is 0 Å². The number of hydrogen-bond acceptors (Lipinski definition) is 2. The molecule has 0 radical (unpaired) electrons. The molecule has 0 rings (SSSR count). The maximum atomic E-state index is 7.32. The molecule has 0 amide bonds. The summed E-state index contributed by atoms with van der Waals surface area (Å²) < 4.78 is 5.62. The summed E-state index contributed by atoms with van der Waals surface area (Å²) >= 11 is 0. The topological polar surface area (TPSA) is 33.0 Å². The highest BCUT2D eigenvalue weighted by Gasteiger charge is 2.19. The van der Waals surface area contributed by atoms with Crippen LogP contribution in [0, 0.1) is 11.3 Å². The normalized spacial score (nSPS) is 10.3. The van der Waals surface area contributed by atoms with E-state index in [1.54, 1.807) is 6.07 Å². The molecule has 13 heavy (non-hydrogen) atoms. The van der Waals surface area contributed by atoms with Gasteiger partial charge in [0.1, 0.15) is 0 Å². The smallest absolute Gasteiger partial charge is 0.0605 e. The minimum Gasteiger partial charge on any atom is -0.370 e. The van der Waals surface area contributed by atoms with Gasteiger partial charge in [-0.3, -0.25) is 0 Å². The van der Waals surface area contributed by atoms with Crippen molar-refractivity contribution in [2.75, 3.05) is 0 Å². The Hall–Kier alpha value is -0.550. The van der Waals surface area contributed by atoms with Gasteiger partial charge in [0.15, 0.2) is 0 Å². The van der Waals surface area contributed by atoms with Gasteiger partial charge in [0, 0.05) is 6.92 Å². The molecule has 0 aliphatic rings. The number of rotatable bonds is 0. The molecule has 0 saturated heterocycles. The highest BCUT2D eigenvalue weighted by atomic mass is 16.5. The molecule has 0 unspecified atom stereocenters. The van der Waals surface area contributed by atoms with Gasteiger partial charge in [0.2, 0.25) is 0 Å². The van der Waals surface area contributed by atoms with Gasteiger partial charge in [0.05, 0.1) is 17.3 Å². The molecular weight excluding hydrogens is 162 g/mol. The van der Waals surface area contributed by atoms with Crippen LogP contribution in [0.3, 0.4) is 0 Å². The zero-order valence-electron chi connectivity index (χ0n) is 9.36. The fourth-order valence-corrected chi connectivity index (χ4v) is 0.919. The van der Waals surface area contributed by atoms with Gasteiger partial charge < -0.3 is 4.74 Å². The van der Waals surface area contributed by atoms with Crippen molar-refractivity contribution in [3.05, 3.63) is 0 Å². The minimum atomic E-state index is -0.0156. The van der Waals surface area contributed by atoms with E-state index < -0.39 is 0 Å². The van der Waals surface area contributed by atoms with E-state index in [2.05, 4.69) is 41.5 Å². The van der Waals surface area contributed by atoms with Crippen molar-refractivity contribution in [3.63, 3.8) is 0 Å². The molecule has 0 N–H and O–H groups in total. The molecule has 0 aliphatic heterocycles. The summed E-state index contributed by atoms with van der Waals surface area (Å²) in [6.45, 7) is 13.8. The summed E-state index contributed by atoms with van der Waals surface area (Å²) in [7, 11) is 0. The van der Waals surface area contributed by atoms with Crippen LogP contribution < -0.4 is 0 Å². The van der Waals surface area contributed by atoms with Gasteiger partial charge in [-0.15, -0.1) is 0 Å². The van der Waals surface area contributed by atoms with Crippen molar-refractivity contribution in [1.29, 1.82) is 5.26 Å². The van der Waals surface area contributed by atoms with Crippen LogP contribution >= 0.6 is 0 Å². The predicted molar refractivity (Wildman–Crippen MR) is 58.6 cm³/mol. The summed E-state index contributed by atoms with van der Waals surface area (Å²) in [6, 6.07) is 1.75. The van der Waals surface area contributed by atoms with E-state index in [0.717, 1.165) is 0 Å². The Kier molecular flexibility index (Phi) is 9.72. The molecular formula is C11H25NO. The number of nitrogens with zero attached hydrogens (tertiary/aromatic N) is 1. The first-order valence-corrected chi connectivity index (χ1v) is 4.13. The van der Waals surface area contributed by atoms with E-state index in [1.807, 2.05) is 0 Å². The Morgan fingerprint density at radius 1 is 0.923 bits per heavy atom. The Balaban J connectivity index is -0.000000220. The van der Waals surface area contributed by atoms with Crippen molar-refractivity contribution < 1.29 is 4.74 Å². The van der Waals surface area contributed by atoms with E-state index in [0.29, 0.717) is 0 Å². The molecule has 0 aliphatic carbocycles. The molecule has 0 heterocycles. The summed E-state index contributed by atoms with van der Waals surface area (Å²) in [6.07, 6.45) is 0. The van der Waals surface area contributed by atoms with Gasteiger partial charge in [-0.05, 0) is 41.5 Å². The highest BCUT2D eigenvalue weighted by Crippen LogP contribution is 2.17. The molecule has 2 nitrogen and oxygen atoms in total. The zero-order chi connectivity index (χ0) is 10.4. The Morgan fingerprint density at radius 2 is 1.08 bits per heavy atom. The van der Waals surface area contributed by atoms with Crippen molar-refractivity contribution >= 4 is 0 Å². The second-order valence-corrected chi connectivity index (χ2v) is 4.55.